The molecule has 0 fully saturated rings. The molecule has 10 aromatic rings. The summed E-state index contributed by atoms with van der Waals surface area (Å²) in [5.41, 5.74) is 15.2. The second-order valence-electron chi connectivity index (χ2n) is 14.5. The van der Waals surface area contributed by atoms with Gasteiger partial charge in [-0.2, -0.15) is 0 Å². The first-order chi connectivity index (χ1) is 26.8. The first-order valence-electron chi connectivity index (χ1n) is 18.6. The van der Waals surface area contributed by atoms with Crippen LogP contribution in [-0.2, 0) is 5.41 Å². The topological polar surface area (TPSA) is 30.7 Å². The molecule has 8 aromatic carbocycles. The van der Waals surface area contributed by atoms with E-state index in [0.717, 1.165) is 33.7 Å². The second kappa shape index (κ2) is 11.0. The van der Waals surface area contributed by atoms with Gasteiger partial charge in [0.15, 0.2) is 5.82 Å². The maximum absolute atomic E-state index is 5.34. The normalized spacial score (nSPS) is 13.3. The lowest BCUT2D eigenvalue weighted by molar-refractivity contribution is 0.773. The van der Waals surface area contributed by atoms with E-state index in [1.807, 2.05) is 24.3 Å². The number of para-hydroxylation sites is 1. The van der Waals surface area contributed by atoms with Crippen LogP contribution in [0.2, 0.25) is 0 Å². The molecule has 0 bridgehead atoms. The van der Waals surface area contributed by atoms with E-state index in [9.17, 15) is 0 Å². The Kier molecular flexibility index (Phi) is 5.98. The molecule has 250 valence electrons. The molecule has 3 heteroatoms. The van der Waals surface area contributed by atoms with Gasteiger partial charge in [0.2, 0.25) is 0 Å². The fraction of sp³-hybridized carbons (Fsp3) is 0.0196. The Balaban J connectivity index is 1.24. The maximum atomic E-state index is 5.34. The highest BCUT2D eigenvalue weighted by atomic mass is 15.1. The molecular formula is C51H31N3. The summed E-state index contributed by atoms with van der Waals surface area (Å²) < 4.78 is 2.36. The van der Waals surface area contributed by atoms with E-state index in [-0.39, 0.29) is 0 Å². The average molecular weight is 686 g/mol. The van der Waals surface area contributed by atoms with Crippen LogP contribution in [0.3, 0.4) is 0 Å². The molecule has 0 radical (unpaired) electrons. The van der Waals surface area contributed by atoms with E-state index >= 15 is 0 Å². The zero-order valence-electron chi connectivity index (χ0n) is 29.2. The summed E-state index contributed by atoms with van der Waals surface area (Å²) in [7, 11) is 0. The first-order valence-corrected chi connectivity index (χ1v) is 18.6. The van der Waals surface area contributed by atoms with Crippen molar-refractivity contribution < 1.29 is 0 Å². The molecule has 2 aromatic heterocycles. The van der Waals surface area contributed by atoms with E-state index in [2.05, 4.69) is 168 Å². The van der Waals surface area contributed by atoms with Gasteiger partial charge in [0.25, 0.3) is 0 Å². The zero-order chi connectivity index (χ0) is 35.4. The van der Waals surface area contributed by atoms with Gasteiger partial charge in [-0.25, -0.2) is 9.97 Å². The smallest absolute Gasteiger partial charge is 0.162 e. The van der Waals surface area contributed by atoms with Crippen molar-refractivity contribution in [3.05, 3.63) is 210 Å². The minimum atomic E-state index is -0.440. The summed E-state index contributed by atoms with van der Waals surface area (Å²) in [6.45, 7) is 0. The van der Waals surface area contributed by atoms with Crippen LogP contribution < -0.4 is 0 Å². The standard InChI is InChI=1S/C51H31N3/c1-3-16-32(17-4-1)44-31-47(53-50(52-44)33-18-5-2-6-19-33)54-45-29-14-10-23-37(45)49-38-24-15-28-43-48(38)39(30-46(49)54)36-22-9-13-27-42(36)51(43)40-25-11-7-20-34(40)35-21-8-12-26-41(35)51/h1-31H. The highest BCUT2D eigenvalue weighted by Crippen LogP contribution is 2.62. The highest BCUT2D eigenvalue weighted by Gasteiger charge is 2.50. The average Bonchev–Trinajstić information content (AvgIpc) is 3.74. The molecule has 1 spiro atoms. The SMILES string of the molecule is c1ccc(-c2cc(-n3c4ccccc4c4c5cccc6c5c(cc43)-c3ccccc3C63c4ccccc4-c4ccccc43)nc(-c3ccccc3)n2)cc1. The molecule has 2 aliphatic carbocycles. The van der Waals surface area contributed by atoms with Crippen LogP contribution in [0.15, 0.2) is 188 Å². The van der Waals surface area contributed by atoms with Crippen LogP contribution in [0.5, 0.6) is 0 Å². The predicted octanol–water partition coefficient (Wildman–Crippen LogP) is 12.4. The van der Waals surface area contributed by atoms with E-state index in [4.69, 9.17) is 9.97 Å². The third-order valence-corrected chi connectivity index (χ3v) is 11.8. The molecule has 0 saturated heterocycles. The molecule has 3 nitrogen and oxygen atoms in total. The minimum Gasteiger partial charge on any atom is -0.294 e. The Hall–Kier alpha value is -7.10. The quantitative estimate of drug-likeness (QED) is 0.185. The van der Waals surface area contributed by atoms with Crippen LogP contribution in [0, 0.1) is 0 Å². The predicted molar refractivity (Wildman–Crippen MR) is 221 cm³/mol. The molecule has 0 aliphatic heterocycles. The number of fused-ring (bicyclic) bond motifs is 13. The Labute approximate surface area is 312 Å². The van der Waals surface area contributed by atoms with Crippen LogP contribution in [0.4, 0.5) is 0 Å². The van der Waals surface area contributed by atoms with Crippen molar-refractivity contribution in [2.45, 2.75) is 5.41 Å². The van der Waals surface area contributed by atoms with Gasteiger partial charge in [0.05, 0.1) is 22.1 Å². The molecule has 12 rings (SSSR count). The summed E-state index contributed by atoms with van der Waals surface area (Å²) in [6.07, 6.45) is 0. The Morgan fingerprint density at radius 1 is 0.370 bits per heavy atom. The van der Waals surface area contributed by atoms with Crippen molar-refractivity contribution in [3.63, 3.8) is 0 Å². The van der Waals surface area contributed by atoms with E-state index in [1.165, 1.54) is 66.1 Å². The summed E-state index contributed by atoms with van der Waals surface area (Å²) in [6, 6.07) is 68.3. The molecule has 0 atom stereocenters. The molecule has 2 heterocycles. The van der Waals surface area contributed by atoms with Gasteiger partial charge in [0, 0.05) is 28.0 Å². The third kappa shape index (κ3) is 3.80. The largest absolute Gasteiger partial charge is 0.294 e. The molecule has 0 N–H and O–H groups in total. The number of aromatic nitrogens is 3. The van der Waals surface area contributed by atoms with Gasteiger partial charge >= 0.3 is 0 Å². The van der Waals surface area contributed by atoms with Crippen molar-refractivity contribution in [2.75, 3.05) is 0 Å². The van der Waals surface area contributed by atoms with E-state index in [0.29, 0.717) is 5.82 Å². The van der Waals surface area contributed by atoms with Gasteiger partial charge in [0.1, 0.15) is 5.82 Å². The van der Waals surface area contributed by atoms with Crippen molar-refractivity contribution in [2.24, 2.45) is 0 Å². The lowest BCUT2D eigenvalue weighted by atomic mass is 9.61. The van der Waals surface area contributed by atoms with Gasteiger partial charge in [-0.1, -0.05) is 170 Å². The Morgan fingerprint density at radius 2 is 0.907 bits per heavy atom. The van der Waals surface area contributed by atoms with E-state index < -0.39 is 5.41 Å². The lowest BCUT2D eigenvalue weighted by Gasteiger charge is -2.40. The Bertz CT molecular complexity index is 3050. The van der Waals surface area contributed by atoms with Crippen LogP contribution in [-0.4, -0.2) is 14.5 Å². The number of hydrogen-bond donors (Lipinski definition) is 0. The molecule has 2 aliphatic rings. The maximum Gasteiger partial charge on any atom is 0.162 e. The van der Waals surface area contributed by atoms with Crippen LogP contribution in [0.25, 0.3) is 83.3 Å². The number of hydrogen-bond acceptors (Lipinski definition) is 2. The molecule has 0 unspecified atom stereocenters. The first kappa shape index (κ1) is 29.5. The summed E-state index contributed by atoms with van der Waals surface area (Å²) in [5, 5.41) is 5.01. The third-order valence-electron chi connectivity index (χ3n) is 11.8. The van der Waals surface area contributed by atoms with E-state index in [1.54, 1.807) is 0 Å². The minimum absolute atomic E-state index is 0.440. The zero-order valence-corrected chi connectivity index (χ0v) is 29.2. The van der Waals surface area contributed by atoms with Gasteiger partial charge in [-0.15, -0.1) is 0 Å². The fourth-order valence-corrected chi connectivity index (χ4v) is 9.74. The van der Waals surface area contributed by atoms with Crippen molar-refractivity contribution in [3.8, 4) is 50.7 Å². The molecule has 54 heavy (non-hydrogen) atoms. The monoisotopic (exact) mass is 685 g/mol. The number of rotatable bonds is 3. The molecular weight excluding hydrogens is 655 g/mol. The molecule has 0 saturated carbocycles. The lowest BCUT2D eigenvalue weighted by Crippen LogP contribution is -2.31. The van der Waals surface area contributed by atoms with Crippen LogP contribution in [0.1, 0.15) is 22.3 Å². The van der Waals surface area contributed by atoms with Gasteiger partial charge < -0.3 is 0 Å². The van der Waals surface area contributed by atoms with Crippen molar-refractivity contribution in [1.29, 1.82) is 0 Å². The molecule has 0 amide bonds. The van der Waals surface area contributed by atoms with Crippen molar-refractivity contribution in [1.82, 2.24) is 14.5 Å². The van der Waals surface area contributed by atoms with Gasteiger partial charge in [-0.3, -0.25) is 4.57 Å². The van der Waals surface area contributed by atoms with Crippen LogP contribution >= 0.6 is 0 Å². The highest BCUT2D eigenvalue weighted by molar-refractivity contribution is 6.26. The Morgan fingerprint density at radius 3 is 1.59 bits per heavy atom. The second-order valence-corrected chi connectivity index (χ2v) is 14.5. The number of benzene rings is 8. The van der Waals surface area contributed by atoms with Gasteiger partial charge in [-0.05, 0) is 67.4 Å². The number of nitrogens with zero attached hydrogens (tertiary/aromatic N) is 3. The summed E-state index contributed by atoms with van der Waals surface area (Å²) >= 11 is 0. The summed E-state index contributed by atoms with van der Waals surface area (Å²) in [5.74, 6) is 1.55. The summed E-state index contributed by atoms with van der Waals surface area (Å²) in [4.78, 5) is 10.5. The fourth-order valence-electron chi connectivity index (χ4n) is 9.74. The van der Waals surface area contributed by atoms with Crippen molar-refractivity contribution >= 4 is 32.6 Å².